The van der Waals surface area contributed by atoms with Gasteiger partial charge in [-0.25, -0.2) is 0 Å². The number of nitrogens with zero attached hydrogens (tertiary/aromatic N) is 2. The van der Waals surface area contributed by atoms with E-state index in [1.54, 1.807) is 0 Å². The third-order valence-electron chi connectivity index (χ3n) is 3.93. The highest BCUT2D eigenvalue weighted by atomic mass is 32.2. The lowest BCUT2D eigenvalue weighted by molar-refractivity contribution is 0.282. The fourth-order valence-electron chi connectivity index (χ4n) is 2.71. The summed E-state index contributed by atoms with van der Waals surface area (Å²) in [5, 5.41) is 0. The number of thioether (sulfide) groups is 1. The molecule has 3 rings (SSSR count). The molecule has 2 aliphatic rings. The molecule has 4 nitrogen and oxygen atoms in total. The van der Waals surface area contributed by atoms with E-state index in [0.717, 1.165) is 44.2 Å². The maximum Gasteiger partial charge on any atom is 0.108 e. The zero-order valence-corrected chi connectivity index (χ0v) is 14.1. The minimum Gasteiger partial charge on any atom is -0.369 e. The molecule has 1 fully saturated rings. The van der Waals surface area contributed by atoms with Crippen LogP contribution in [0.5, 0.6) is 0 Å². The molecule has 0 unspecified atom stereocenters. The van der Waals surface area contributed by atoms with E-state index < -0.39 is 0 Å². The predicted octanol–water partition coefficient (Wildman–Crippen LogP) is 3.53. The van der Waals surface area contributed by atoms with Crippen LogP contribution in [0.3, 0.4) is 0 Å². The minimum atomic E-state index is 0.631. The zero-order chi connectivity index (χ0) is 15.2. The van der Waals surface area contributed by atoms with Gasteiger partial charge in [0.25, 0.3) is 0 Å². The molecule has 0 aliphatic carbocycles. The van der Waals surface area contributed by atoms with Crippen LogP contribution in [0, 0.1) is 0 Å². The highest BCUT2D eigenvalue weighted by Gasteiger charge is 2.18. The van der Waals surface area contributed by atoms with Gasteiger partial charge in [-0.3, -0.25) is 4.90 Å². The van der Waals surface area contributed by atoms with Crippen LogP contribution in [0.1, 0.15) is 0 Å². The van der Waals surface area contributed by atoms with E-state index in [4.69, 9.17) is 4.55 Å². The molecule has 0 amide bonds. The molecule has 0 spiro atoms. The predicted molar refractivity (Wildman–Crippen MR) is 98.6 cm³/mol. The first-order chi connectivity index (χ1) is 10.8. The van der Waals surface area contributed by atoms with Gasteiger partial charge < -0.3 is 14.2 Å². The molecule has 0 bridgehead atoms. The van der Waals surface area contributed by atoms with E-state index in [9.17, 15) is 0 Å². The van der Waals surface area contributed by atoms with Gasteiger partial charge in [-0.2, -0.15) is 0 Å². The van der Waals surface area contributed by atoms with Crippen LogP contribution in [0.15, 0.2) is 47.4 Å². The molecule has 2 aliphatic heterocycles. The van der Waals surface area contributed by atoms with Crippen LogP contribution < -0.4 is 9.62 Å². The van der Waals surface area contributed by atoms with Gasteiger partial charge in [0.2, 0.25) is 0 Å². The van der Waals surface area contributed by atoms with E-state index in [0.29, 0.717) is 12.2 Å². The molecular weight excluding hydrogens is 314 g/mol. The Morgan fingerprint density at radius 1 is 1.14 bits per heavy atom. The van der Waals surface area contributed by atoms with E-state index in [1.807, 2.05) is 23.9 Å². The number of hydrogen-bond donors (Lipinski definition) is 2. The van der Waals surface area contributed by atoms with Gasteiger partial charge in [0.1, 0.15) is 12.2 Å². The summed E-state index contributed by atoms with van der Waals surface area (Å²) in [5.41, 5.74) is 2.17. The highest BCUT2D eigenvalue weighted by Crippen LogP contribution is 2.23. The molecule has 0 atom stereocenters. The Morgan fingerprint density at radius 2 is 1.91 bits per heavy atom. The minimum absolute atomic E-state index is 0.631. The second kappa shape index (κ2) is 7.97. The molecule has 1 aromatic rings. The lowest BCUT2D eigenvalue weighted by Gasteiger charge is -2.36. The van der Waals surface area contributed by atoms with E-state index in [1.165, 1.54) is 10.6 Å². The van der Waals surface area contributed by atoms with Crippen molar-refractivity contribution in [3.05, 3.63) is 47.4 Å². The number of rotatable bonds is 5. The molecular formula is C16H21N3OS2. The lowest BCUT2D eigenvalue weighted by atomic mass is 10.2. The fourth-order valence-corrected chi connectivity index (χ4v) is 3.82. The summed E-state index contributed by atoms with van der Waals surface area (Å²) >= 11 is 2.58. The molecule has 0 aromatic heterocycles. The van der Waals surface area contributed by atoms with Crippen LogP contribution in [-0.2, 0) is 0 Å². The van der Waals surface area contributed by atoms with Gasteiger partial charge in [0, 0.05) is 49.9 Å². The molecule has 2 heterocycles. The maximum atomic E-state index is 8.78. The molecule has 118 valence electrons. The van der Waals surface area contributed by atoms with E-state index >= 15 is 0 Å². The van der Waals surface area contributed by atoms with Crippen molar-refractivity contribution in [2.75, 3.05) is 48.1 Å². The Kier molecular flexibility index (Phi) is 5.72. The fraction of sp³-hybridized carbons (Fsp3) is 0.375. The summed E-state index contributed by atoms with van der Waals surface area (Å²) in [6.07, 6.45) is 6.62. The van der Waals surface area contributed by atoms with Crippen LogP contribution in [0.25, 0.3) is 0 Å². The molecule has 6 heteroatoms. The second-order valence-electron chi connectivity index (χ2n) is 5.38. The molecule has 0 saturated carbocycles. The Labute approximate surface area is 140 Å². The molecule has 1 aromatic carbocycles. The van der Waals surface area contributed by atoms with Crippen molar-refractivity contribution in [1.29, 1.82) is 0 Å². The highest BCUT2D eigenvalue weighted by molar-refractivity contribution is 8.03. The maximum absolute atomic E-state index is 8.78. The zero-order valence-electron chi connectivity index (χ0n) is 12.4. The first-order valence-electron chi connectivity index (χ1n) is 7.47. The Morgan fingerprint density at radius 3 is 2.55 bits per heavy atom. The van der Waals surface area contributed by atoms with Crippen LogP contribution in [-0.4, -0.2) is 47.9 Å². The first kappa shape index (κ1) is 15.8. The largest absolute Gasteiger partial charge is 0.369 e. The lowest BCUT2D eigenvalue weighted by Crippen LogP contribution is -2.46. The number of piperazine rings is 1. The molecule has 2 N–H and O–H groups in total. The summed E-state index contributed by atoms with van der Waals surface area (Å²) in [4.78, 5) is 6.44. The summed E-state index contributed by atoms with van der Waals surface area (Å²) in [7, 11) is 0. The van der Waals surface area contributed by atoms with Crippen molar-refractivity contribution in [1.82, 2.24) is 4.90 Å². The summed E-state index contributed by atoms with van der Waals surface area (Å²) in [6, 6.07) is 8.22. The van der Waals surface area contributed by atoms with Crippen molar-refractivity contribution in [3.8, 4) is 0 Å². The summed E-state index contributed by atoms with van der Waals surface area (Å²) < 4.78 is 11.6. The Bertz CT molecular complexity index is 537. The standard InChI is InChI=1S/C16H21N3OS2/c20-22-17-14-4-6-15(7-5-14)19-10-8-18(9-11-19)13-16-3-1-2-12-21-16/h1-7,17,20H,8-13H2. The van der Waals surface area contributed by atoms with Crippen molar-refractivity contribution in [2.24, 2.45) is 0 Å². The third-order valence-corrected chi connectivity index (χ3v) is 5.25. The Hall–Kier alpha value is -1.08. The quantitative estimate of drug-likeness (QED) is 0.633. The van der Waals surface area contributed by atoms with Crippen LogP contribution >= 0.6 is 24.0 Å². The monoisotopic (exact) mass is 335 g/mol. The van der Waals surface area contributed by atoms with Gasteiger partial charge >= 0.3 is 0 Å². The summed E-state index contributed by atoms with van der Waals surface area (Å²) in [6.45, 7) is 5.42. The third kappa shape index (κ3) is 4.23. The van der Waals surface area contributed by atoms with E-state index in [2.05, 4.69) is 44.9 Å². The van der Waals surface area contributed by atoms with Gasteiger partial charge in [-0.05, 0) is 29.2 Å². The molecule has 22 heavy (non-hydrogen) atoms. The average molecular weight is 335 g/mol. The normalized spacial score (nSPS) is 19.1. The average Bonchev–Trinajstić information content (AvgIpc) is 2.58. The van der Waals surface area contributed by atoms with Crippen molar-refractivity contribution >= 4 is 35.4 Å². The smallest absolute Gasteiger partial charge is 0.108 e. The molecule has 1 saturated heterocycles. The van der Waals surface area contributed by atoms with Gasteiger partial charge in [0.15, 0.2) is 0 Å². The number of nitrogens with one attached hydrogen (secondary N) is 1. The topological polar surface area (TPSA) is 38.7 Å². The van der Waals surface area contributed by atoms with Crippen molar-refractivity contribution in [2.45, 2.75) is 0 Å². The number of hydrogen-bond acceptors (Lipinski definition) is 6. The van der Waals surface area contributed by atoms with Gasteiger partial charge in [0.05, 0.1) is 0 Å². The Balaban J connectivity index is 1.50. The number of benzene rings is 1. The summed E-state index contributed by atoms with van der Waals surface area (Å²) in [5.74, 6) is 1.11. The number of anilines is 2. The van der Waals surface area contributed by atoms with Gasteiger partial charge in [-0.1, -0.05) is 18.2 Å². The van der Waals surface area contributed by atoms with Crippen molar-refractivity contribution < 1.29 is 4.55 Å². The SMILES string of the molecule is OSNc1ccc(N2CCN(CC3=CC=CCS3)CC2)cc1. The van der Waals surface area contributed by atoms with Gasteiger partial charge in [-0.15, -0.1) is 11.8 Å². The van der Waals surface area contributed by atoms with Crippen molar-refractivity contribution in [3.63, 3.8) is 0 Å². The second-order valence-corrected chi connectivity index (χ2v) is 6.91. The molecule has 0 radical (unpaired) electrons. The van der Waals surface area contributed by atoms with Crippen LogP contribution in [0.4, 0.5) is 11.4 Å². The first-order valence-corrected chi connectivity index (χ1v) is 9.23. The van der Waals surface area contributed by atoms with E-state index in [-0.39, 0.29) is 0 Å². The number of allylic oxidation sites excluding steroid dienone is 2. The van der Waals surface area contributed by atoms with Crippen LogP contribution in [0.2, 0.25) is 0 Å².